The number of carboxylic acids is 1. The standard InChI is InChI=1S/C17H27NO4/c1-22-3-2-14(16(20)21)18-15(19)10-17-7-11-4-12(8-17)6-13(5-11)9-17/h11-14H,2-10H2,1H3,(H,18,19)(H,20,21). The maximum Gasteiger partial charge on any atom is 0.326 e. The van der Waals surface area contributed by atoms with Crippen LogP contribution >= 0.6 is 0 Å². The Morgan fingerprint density at radius 3 is 2.18 bits per heavy atom. The molecule has 1 atom stereocenters. The van der Waals surface area contributed by atoms with Crippen molar-refractivity contribution in [3.63, 3.8) is 0 Å². The van der Waals surface area contributed by atoms with Gasteiger partial charge in [0.05, 0.1) is 0 Å². The van der Waals surface area contributed by atoms with Crippen molar-refractivity contribution in [2.24, 2.45) is 23.2 Å². The number of aliphatic carboxylic acids is 1. The van der Waals surface area contributed by atoms with E-state index in [1.54, 1.807) is 0 Å². The van der Waals surface area contributed by atoms with Crippen molar-refractivity contribution >= 4 is 11.9 Å². The van der Waals surface area contributed by atoms with Gasteiger partial charge in [0.1, 0.15) is 6.04 Å². The van der Waals surface area contributed by atoms with Crippen molar-refractivity contribution in [3.8, 4) is 0 Å². The quantitative estimate of drug-likeness (QED) is 0.756. The van der Waals surface area contributed by atoms with Gasteiger partial charge in [0.2, 0.25) is 5.91 Å². The smallest absolute Gasteiger partial charge is 0.326 e. The molecular formula is C17H27NO4. The van der Waals surface area contributed by atoms with Gasteiger partial charge in [-0.3, -0.25) is 4.79 Å². The van der Waals surface area contributed by atoms with Crippen molar-refractivity contribution in [1.29, 1.82) is 0 Å². The van der Waals surface area contributed by atoms with Crippen molar-refractivity contribution in [3.05, 3.63) is 0 Å². The zero-order chi connectivity index (χ0) is 15.7. The Morgan fingerprint density at radius 1 is 1.18 bits per heavy atom. The highest BCUT2D eigenvalue weighted by Crippen LogP contribution is 2.61. The fourth-order valence-corrected chi connectivity index (χ4v) is 5.59. The molecule has 5 heteroatoms. The normalized spacial score (nSPS) is 37.0. The number of nitrogens with one attached hydrogen (secondary N) is 1. The summed E-state index contributed by atoms with van der Waals surface area (Å²) >= 11 is 0. The molecule has 5 nitrogen and oxygen atoms in total. The highest BCUT2D eigenvalue weighted by molar-refractivity contribution is 5.83. The van der Waals surface area contributed by atoms with Gasteiger partial charge in [-0.05, 0) is 61.7 Å². The number of hydrogen-bond donors (Lipinski definition) is 2. The molecule has 0 aromatic rings. The Labute approximate surface area is 131 Å². The lowest BCUT2D eigenvalue weighted by Crippen LogP contribution is -2.49. The summed E-state index contributed by atoms with van der Waals surface area (Å²) < 4.78 is 4.92. The SMILES string of the molecule is COCCC(NC(=O)CC12CC3CC(CC(C3)C1)C2)C(=O)O. The minimum Gasteiger partial charge on any atom is -0.480 e. The Hall–Kier alpha value is -1.10. The third kappa shape index (κ3) is 3.29. The van der Waals surface area contributed by atoms with Crippen LogP contribution in [0.15, 0.2) is 0 Å². The number of carbonyl (C=O) groups excluding carboxylic acids is 1. The minimum absolute atomic E-state index is 0.0922. The van der Waals surface area contributed by atoms with Gasteiger partial charge < -0.3 is 15.2 Å². The van der Waals surface area contributed by atoms with Crippen molar-refractivity contribution in [2.45, 2.75) is 57.4 Å². The molecule has 0 spiro atoms. The third-order valence-corrected chi connectivity index (χ3v) is 5.94. The summed E-state index contributed by atoms with van der Waals surface area (Å²) in [6, 6.07) is -0.832. The third-order valence-electron chi connectivity index (χ3n) is 5.94. The lowest BCUT2D eigenvalue weighted by Gasteiger charge is -2.56. The van der Waals surface area contributed by atoms with Gasteiger partial charge in [0.15, 0.2) is 0 Å². The first-order valence-electron chi connectivity index (χ1n) is 8.51. The summed E-state index contributed by atoms with van der Waals surface area (Å²) in [7, 11) is 1.54. The minimum atomic E-state index is -0.976. The van der Waals surface area contributed by atoms with Crippen LogP contribution in [0.1, 0.15) is 51.4 Å². The zero-order valence-corrected chi connectivity index (χ0v) is 13.3. The molecule has 0 saturated heterocycles. The highest BCUT2D eigenvalue weighted by atomic mass is 16.5. The summed E-state index contributed by atoms with van der Waals surface area (Å²) in [6.45, 7) is 0.342. The predicted octanol–water partition coefficient (Wildman–Crippen LogP) is 2.20. The Morgan fingerprint density at radius 2 is 1.73 bits per heavy atom. The van der Waals surface area contributed by atoms with Gasteiger partial charge in [-0.25, -0.2) is 4.79 Å². The van der Waals surface area contributed by atoms with E-state index in [-0.39, 0.29) is 11.3 Å². The van der Waals surface area contributed by atoms with Crippen LogP contribution in [-0.4, -0.2) is 36.7 Å². The van der Waals surface area contributed by atoms with Gasteiger partial charge >= 0.3 is 5.97 Å². The number of methoxy groups -OCH3 is 1. The molecular weight excluding hydrogens is 282 g/mol. The van der Waals surface area contributed by atoms with E-state index in [4.69, 9.17) is 4.74 Å². The van der Waals surface area contributed by atoms with Gasteiger partial charge in [-0.2, -0.15) is 0 Å². The first-order chi connectivity index (χ1) is 10.5. The van der Waals surface area contributed by atoms with E-state index in [2.05, 4.69) is 5.32 Å². The van der Waals surface area contributed by atoms with E-state index in [1.165, 1.54) is 45.6 Å². The Kier molecular flexibility index (Phi) is 4.44. The van der Waals surface area contributed by atoms with E-state index in [9.17, 15) is 14.7 Å². The summed E-state index contributed by atoms with van der Waals surface area (Å²) in [4.78, 5) is 23.6. The Balaban J connectivity index is 1.58. The molecule has 4 aliphatic carbocycles. The predicted molar refractivity (Wildman–Crippen MR) is 81.3 cm³/mol. The number of carboxylic acid groups (broad SMARTS) is 1. The molecule has 0 heterocycles. The Bertz CT molecular complexity index is 413. The topological polar surface area (TPSA) is 75.6 Å². The molecule has 124 valence electrons. The molecule has 0 radical (unpaired) electrons. The molecule has 4 rings (SSSR count). The lowest BCUT2D eigenvalue weighted by molar-refractivity contribution is -0.143. The number of amides is 1. The molecule has 0 aliphatic heterocycles. The second-order valence-corrected chi connectivity index (χ2v) is 7.83. The van der Waals surface area contributed by atoms with Crippen LogP contribution in [0, 0.1) is 23.2 Å². The van der Waals surface area contributed by atoms with Crippen molar-refractivity contribution in [1.82, 2.24) is 5.32 Å². The maximum atomic E-state index is 12.4. The van der Waals surface area contributed by atoms with Crippen LogP contribution in [0.5, 0.6) is 0 Å². The monoisotopic (exact) mass is 309 g/mol. The summed E-state index contributed by atoms with van der Waals surface area (Å²) in [5, 5.41) is 11.9. The van der Waals surface area contributed by atoms with Gasteiger partial charge in [-0.1, -0.05) is 0 Å². The van der Waals surface area contributed by atoms with Crippen molar-refractivity contribution in [2.75, 3.05) is 13.7 Å². The van der Waals surface area contributed by atoms with E-state index >= 15 is 0 Å². The zero-order valence-electron chi connectivity index (χ0n) is 13.3. The second-order valence-electron chi connectivity index (χ2n) is 7.83. The molecule has 0 aromatic heterocycles. The summed E-state index contributed by atoms with van der Waals surface area (Å²) in [5.41, 5.74) is 0.156. The molecule has 4 bridgehead atoms. The second kappa shape index (κ2) is 6.19. The largest absolute Gasteiger partial charge is 0.480 e. The number of ether oxygens (including phenoxy) is 1. The van der Waals surface area contributed by atoms with E-state index in [0.29, 0.717) is 19.4 Å². The first kappa shape index (κ1) is 15.8. The van der Waals surface area contributed by atoms with Gasteiger partial charge in [0, 0.05) is 26.6 Å². The van der Waals surface area contributed by atoms with Crippen LogP contribution in [0.25, 0.3) is 0 Å². The average Bonchev–Trinajstić information content (AvgIpc) is 2.40. The average molecular weight is 309 g/mol. The molecule has 22 heavy (non-hydrogen) atoms. The van der Waals surface area contributed by atoms with Crippen molar-refractivity contribution < 1.29 is 19.4 Å². The molecule has 4 fully saturated rings. The fourth-order valence-electron chi connectivity index (χ4n) is 5.59. The molecule has 4 aliphatic rings. The summed E-state index contributed by atoms with van der Waals surface area (Å²) in [6.07, 6.45) is 8.39. The number of carbonyl (C=O) groups is 2. The fraction of sp³-hybridized carbons (Fsp3) is 0.882. The molecule has 2 N–H and O–H groups in total. The number of rotatable bonds is 7. The van der Waals surface area contributed by atoms with Gasteiger partial charge in [-0.15, -0.1) is 0 Å². The molecule has 1 unspecified atom stereocenters. The maximum absolute atomic E-state index is 12.4. The molecule has 0 aromatic carbocycles. The van der Waals surface area contributed by atoms with E-state index in [0.717, 1.165) is 17.8 Å². The molecule has 4 saturated carbocycles. The van der Waals surface area contributed by atoms with Crippen LogP contribution in [0.3, 0.4) is 0 Å². The molecule has 1 amide bonds. The number of hydrogen-bond acceptors (Lipinski definition) is 3. The summed E-state index contributed by atoms with van der Waals surface area (Å²) in [5.74, 6) is 1.36. The lowest BCUT2D eigenvalue weighted by atomic mass is 9.49. The van der Waals surface area contributed by atoms with Crippen LogP contribution < -0.4 is 5.32 Å². The van der Waals surface area contributed by atoms with Crippen LogP contribution in [0.4, 0.5) is 0 Å². The van der Waals surface area contributed by atoms with E-state index in [1.807, 2.05) is 0 Å². The van der Waals surface area contributed by atoms with Crippen LogP contribution in [-0.2, 0) is 14.3 Å². The first-order valence-corrected chi connectivity index (χ1v) is 8.51. The van der Waals surface area contributed by atoms with Gasteiger partial charge in [0.25, 0.3) is 0 Å². The highest BCUT2D eigenvalue weighted by Gasteiger charge is 2.51. The van der Waals surface area contributed by atoms with E-state index < -0.39 is 12.0 Å². The van der Waals surface area contributed by atoms with Crippen LogP contribution in [0.2, 0.25) is 0 Å².